The van der Waals surface area contributed by atoms with E-state index >= 15 is 0 Å². The number of allylic oxidation sites excluding steroid dienone is 10. The Bertz CT molecular complexity index is 1380. The predicted molar refractivity (Wildman–Crippen MR) is 335 cm³/mol. The van der Waals surface area contributed by atoms with Crippen LogP contribution in [0.2, 0.25) is 0 Å². The Balaban J connectivity index is 4.23. The van der Waals surface area contributed by atoms with Gasteiger partial charge in [-0.2, -0.15) is 0 Å². The van der Waals surface area contributed by atoms with Crippen molar-refractivity contribution in [2.24, 2.45) is 0 Å². The number of unbranched alkanes of at least 4 members (excludes halogenated alkanes) is 41. The molecule has 0 aliphatic heterocycles. The molecule has 0 aliphatic rings. The van der Waals surface area contributed by atoms with E-state index in [-0.39, 0.29) is 31.1 Å². The van der Waals surface area contributed by atoms with E-state index in [9.17, 15) is 14.4 Å². The number of esters is 3. The summed E-state index contributed by atoms with van der Waals surface area (Å²) in [6.07, 6.45) is 83.8. The predicted octanol–water partition coefficient (Wildman–Crippen LogP) is 23.1. The Morgan fingerprint density at radius 1 is 0.260 bits per heavy atom. The molecule has 0 aromatic rings. The first kappa shape index (κ1) is 74.1. The zero-order valence-electron chi connectivity index (χ0n) is 51.5. The molecule has 448 valence electrons. The largest absolute Gasteiger partial charge is 0.462 e. The monoisotopic (exact) mass is 1080 g/mol. The summed E-state index contributed by atoms with van der Waals surface area (Å²) in [5, 5.41) is 0. The standard InChI is InChI=1S/C71H128O6/c1-4-7-10-13-16-19-22-25-28-29-30-31-32-33-34-35-36-37-38-39-40-41-44-46-49-52-55-58-61-64-70(73)76-67-68(77-71(74)65-62-59-56-53-50-47-43-27-24-21-18-15-12-9-6-3)66-75-69(72)63-60-57-54-51-48-45-42-26-23-20-17-14-11-8-5-2/h22,25-27,29-30,32-33,42-43,68H,4-21,23-24,28,31,34-41,44-67H2,1-3H3/b25-22-,30-29-,33-32-,42-26-,43-27-. The van der Waals surface area contributed by atoms with Crippen molar-refractivity contribution >= 4 is 17.9 Å². The topological polar surface area (TPSA) is 78.9 Å². The molecule has 0 radical (unpaired) electrons. The quantitative estimate of drug-likeness (QED) is 0.0261. The Morgan fingerprint density at radius 3 is 0.740 bits per heavy atom. The highest BCUT2D eigenvalue weighted by Gasteiger charge is 2.19. The van der Waals surface area contributed by atoms with Crippen molar-refractivity contribution in [2.45, 2.75) is 361 Å². The van der Waals surface area contributed by atoms with Crippen molar-refractivity contribution in [3.63, 3.8) is 0 Å². The van der Waals surface area contributed by atoms with Crippen molar-refractivity contribution in [3.8, 4) is 0 Å². The summed E-state index contributed by atoms with van der Waals surface area (Å²) in [7, 11) is 0. The van der Waals surface area contributed by atoms with Crippen LogP contribution >= 0.6 is 0 Å². The van der Waals surface area contributed by atoms with E-state index in [0.29, 0.717) is 19.3 Å². The van der Waals surface area contributed by atoms with Crippen LogP contribution in [0.3, 0.4) is 0 Å². The molecule has 77 heavy (non-hydrogen) atoms. The number of carbonyl (C=O) groups is 3. The lowest BCUT2D eigenvalue weighted by Gasteiger charge is -2.18. The van der Waals surface area contributed by atoms with Gasteiger partial charge in [0.1, 0.15) is 13.2 Å². The van der Waals surface area contributed by atoms with Crippen molar-refractivity contribution in [2.75, 3.05) is 13.2 Å². The maximum atomic E-state index is 12.9. The van der Waals surface area contributed by atoms with E-state index in [1.54, 1.807) is 0 Å². The van der Waals surface area contributed by atoms with E-state index in [0.717, 1.165) is 89.9 Å². The van der Waals surface area contributed by atoms with Crippen LogP contribution in [0.15, 0.2) is 60.8 Å². The van der Waals surface area contributed by atoms with Crippen molar-refractivity contribution in [3.05, 3.63) is 60.8 Å². The van der Waals surface area contributed by atoms with Gasteiger partial charge in [-0.15, -0.1) is 0 Å². The molecular weight excluding hydrogens is 949 g/mol. The zero-order valence-corrected chi connectivity index (χ0v) is 51.5. The van der Waals surface area contributed by atoms with Crippen LogP contribution in [0.4, 0.5) is 0 Å². The zero-order chi connectivity index (χ0) is 55.7. The third-order valence-electron chi connectivity index (χ3n) is 15.0. The second kappa shape index (κ2) is 65.6. The molecule has 0 heterocycles. The second-order valence-electron chi connectivity index (χ2n) is 22.7. The van der Waals surface area contributed by atoms with Gasteiger partial charge in [0.05, 0.1) is 0 Å². The van der Waals surface area contributed by atoms with Gasteiger partial charge in [0.2, 0.25) is 0 Å². The number of rotatable bonds is 62. The fourth-order valence-electron chi connectivity index (χ4n) is 9.85. The highest BCUT2D eigenvalue weighted by molar-refractivity contribution is 5.71. The molecule has 1 unspecified atom stereocenters. The molecule has 0 amide bonds. The normalized spacial score (nSPS) is 12.4. The van der Waals surface area contributed by atoms with Gasteiger partial charge in [-0.25, -0.2) is 0 Å². The van der Waals surface area contributed by atoms with Gasteiger partial charge >= 0.3 is 17.9 Å². The third kappa shape index (κ3) is 63.8. The summed E-state index contributed by atoms with van der Waals surface area (Å²) in [6.45, 7) is 6.65. The van der Waals surface area contributed by atoms with E-state index < -0.39 is 6.10 Å². The lowest BCUT2D eigenvalue weighted by atomic mass is 10.0. The fraction of sp³-hybridized carbons (Fsp3) is 0.817. The van der Waals surface area contributed by atoms with Crippen LogP contribution < -0.4 is 0 Å². The molecule has 0 spiro atoms. The molecule has 1 atom stereocenters. The first-order valence-corrected chi connectivity index (χ1v) is 33.8. The van der Waals surface area contributed by atoms with Gasteiger partial charge in [0, 0.05) is 19.3 Å². The lowest BCUT2D eigenvalue weighted by molar-refractivity contribution is -0.167. The van der Waals surface area contributed by atoms with Crippen LogP contribution in [0.1, 0.15) is 355 Å². The third-order valence-corrected chi connectivity index (χ3v) is 15.0. The molecule has 0 fully saturated rings. The fourth-order valence-corrected chi connectivity index (χ4v) is 9.85. The first-order valence-electron chi connectivity index (χ1n) is 33.8. The highest BCUT2D eigenvalue weighted by Crippen LogP contribution is 2.17. The van der Waals surface area contributed by atoms with Gasteiger partial charge in [-0.05, 0) is 109 Å². The summed E-state index contributed by atoms with van der Waals surface area (Å²) in [4.78, 5) is 38.3. The Hall–Kier alpha value is -2.89. The molecule has 0 bridgehead atoms. The van der Waals surface area contributed by atoms with Crippen LogP contribution in [0.25, 0.3) is 0 Å². The van der Waals surface area contributed by atoms with E-state index in [1.165, 1.54) is 225 Å². The minimum Gasteiger partial charge on any atom is -0.462 e. The maximum absolute atomic E-state index is 12.9. The van der Waals surface area contributed by atoms with Crippen molar-refractivity contribution < 1.29 is 28.6 Å². The number of carbonyl (C=O) groups excluding carboxylic acids is 3. The SMILES string of the molecule is CCCCCCC/C=C\C/C=C\C/C=C\CCCCCCCCCCCCCCCCC(=O)OCC(COC(=O)CCCCCCC/C=C\CCCCCCCC)OC(=O)CCCCCCC/C=C\CCCCCCCC. The number of hydrogen-bond acceptors (Lipinski definition) is 6. The van der Waals surface area contributed by atoms with Gasteiger partial charge in [-0.3, -0.25) is 14.4 Å². The smallest absolute Gasteiger partial charge is 0.306 e. The molecular formula is C71H128O6. The van der Waals surface area contributed by atoms with Gasteiger partial charge in [0.25, 0.3) is 0 Å². The molecule has 0 aromatic carbocycles. The average Bonchev–Trinajstić information content (AvgIpc) is 3.43. The summed E-state index contributed by atoms with van der Waals surface area (Å²) in [5.74, 6) is -0.877. The number of hydrogen-bond donors (Lipinski definition) is 0. The summed E-state index contributed by atoms with van der Waals surface area (Å²) < 4.78 is 16.9. The summed E-state index contributed by atoms with van der Waals surface area (Å²) >= 11 is 0. The highest BCUT2D eigenvalue weighted by atomic mass is 16.6. The van der Waals surface area contributed by atoms with E-state index in [1.807, 2.05) is 0 Å². The molecule has 0 saturated carbocycles. The van der Waals surface area contributed by atoms with Crippen LogP contribution in [0.5, 0.6) is 0 Å². The molecule has 0 N–H and O–H groups in total. The lowest BCUT2D eigenvalue weighted by Crippen LogP contribution is -2.30. The van der Waals surface area contributed by atoms with Crippen molar-refractivity contribution in [1.29, 1.82) is 0 Å². The molecule has 6 heteroatoms. The van der Waals surface area contributed by atoms with E-state index in [2.05, 4.69) is 81.5 Å². The van der Waals surface area contributed by atoms with Crippen LogP contribution in [-0.2, 0) is 28.6 Å². The summed E-state index contributed by atoms with van der Waals surface area (Å²) in [5.41, 5.74) is 0. The maximum Gasteiger partial charge on any atom is 0.306 e. The van der Waals surface area contributed by atoms with E-state index in [4.69, 9.17) is 14.2 Å². The summed E-state index contributed by atoms with van der Waals surface area (Å²) in [6, 6.07) is 0. The molecule has 0 saturated heterocycles. The molecule has 0 aromatic heterocycles. The molecule has 6 nitrogen and oxygen atoms in total. The Kier molecular flexibility index (Phi) is 63.2. The van der Waals surface area contributed by atoms with Crippen LogP contribution in [0, 0.1) is 0 Å². The molecule has 0 rings (SSSR count). The Morgan fingerprint density at radius 2 is 0.468 bits per heavy atom. The van der Waals surface area contributed by atoms with Gasteiger partial charge in [-0.1, -0.05) is 287 Å². The minimum absolute atomic E-state index is 0.0778. The number of ether oxygens (including phenoxy) is 3. The molecule has 0 aliphatic carbocycles. The Labute approximate surface area is 479 Å². The first-order chi connectivity index (χ1) is 38.0. The minimum atomic E-state index is -0.782. The van der Waals surface area contributed by atoms with Crippen molar-refractivity contribution in [1.82, 2.24) is 0 Å². The van der Waals surface area contributed by atoms with Gasteiger partial charge in [0.15, 0.2) is 6.10 Å². The van der Waals surface area contributed by atoms with Crippen LogP contribution in [-0.4, -0.2) is 37.2 Å². The van der Waals surface area contributed by atoms with Gasteiger partial charge < -0.3 is 14.2 Å². The average molecular weight is 1080 g/mol. The second-order valence-corrected chi connectivity index (χ2v) is 22.7.